The summed E-state index contributed by atoms with van der Waals surface area (Å²) in [6, 6.07) is 18.1. The number of carbonyl (C=O) groups is 1. The molecule has 1 saturated heterocycles. The van der Waals surface area contributed by atoms with E-state index < -0.39 is 5.41 Å². The van der Waals surface area contributed by atoms with Crippen LogP contribution in [0.2, 0.25) is 0 Å². The first-order valence-electron chi connectivity index (χ1n) is 9.82. The molecule has 28 heavy (non-hydrogen) atoms. The summed E-state index contributed by atoms with van der Waals surface area (Å²) in [5.74, 6) is 0.865. The molecule has 5 heteroatoms. The summed E-state index contributed by atoms with van der Waals surface area (Å²) in [7, 11) is 1.67. The van der Waals surface area contributed by atoms with Gasteiger partial charge in [-0.15, -0.1) is 0 Å². The molecule has 0 bridgehead atoms. The molecule has 2 aromatic carbocycles. The Hall–Kier alpha value is -2.37. The predicted molar refractivity (Wildman–Crippen MR) is 111 cm³/mol. The fourth-order valence-electron chi connectivity index (χ4n) is 3.57. The molecule has 1 N–H and O–H groups in total. The number of hydrogen-bond acceptors (Lipinski definition) is 4. The van der Waals surface area contributed by atoms with Crippen molar-refractivity contribution in [2.75, 3.05) is 40.0 Å². The van der Waals surface area contributed by atoms with Gasteiger partial charge in [0.25, 0.3) is 0 Å². The zero-order valence-corrected chi connectivity index (χ0v) is 17.0. The molecule has 1 fully saturated rings. The summed E-state index contributed by atoms with van der Waals surface area (Å²) >= 11 is 0. The second kappa shape index (κ2) is 9.22. The van der Waals surface area contributed by atoms with E-state index in [4.69, 9.17) is 9.47 Å². The number of nitrogens with one attached hydrogen (secondary N) is 1. The third-order valence-corrected chi connectivity index (χ3v) is 5.51. The number of rotatable bonds is 7. The topological polar surface area (TPSA) is 50.8 Å². The largest absolute Gasteiger partial charge is 0.497 e. The van der Waals surface area contributed by atoms with Gasteiger partial charge in [0.05, 0.1) is 31.8 Å². The number of carbonyl (C=O) groups excluding carboxylic acids is 1. The van der Waals surface area contributed by atoms with Gasteiger partial charge in [0.15, 0.2) is 0 Å². The third kappa shape index (κ3) is 4.72. The Kier molecular flexibility index (Phi) is 6.70. The maximum Gasteiger partial charge on any atom is 0.230 e. The first kappa shape index (κ1) is 20.4. The Bertz CT molecular complexity index is 753. The van der Waals surface area contributed by atoms with E-state index in [0.717, 1.165) is 37.6 Å². The second-order valence-electron chi connectivity index (χ2n) is 7.64. The van der Waals surface area contributed by atoms with Crippen LogP contribution >= 0.6 is 0 Å². The Morgan fingerprint density at radius 3 is 2.36 bits per heavy atom. The van der Waals surface area contributed by atoms with Crippen LogP contribution in [-0.2, 0) is 14.9 Å². The van der Waals surface area contributed by atoms with Gasteiger partial charge in [0, 0.05) is 19.6 Å². The standard InChI is InChI=1S/C23H30N2O3/c1-23(2,19-7-5-4-6-8-19)22(26)24-17-21(25-13-15-28-16-14-25)18-9-11-20(27-3)12-10-18/h4-12,21H,13-17H2,1-3H3,(H,24,26). The van der Waals surface area contributed by atoms with Crippen LogP contribution in [0, 0.1) is 0 Å². The van der Waals surface area contributed by atoms with E-state index in [-0.39, 0.29) is 11.9 Å². The molecule has 2 aromatic rings. The van der Waals surface area contributed by atoms with E-state index in [2.05, 4.69) is 22.3 Å². The molecule has 0 radical (unpaired) electrons. The van der Waals surface area contributed by atoms with Crippen LogP contribution in [-0.4, -0.2) is 50.8 Å². The van der Waals surface area contributed by atoms with Gasteiger partial charge in [-0.1, -0.05) is 42.5 Å². The summed E-state index contributed by atoms with van der Waals surface area (Å²) in [5, 5.41) is 3.19. The van der Waals surface area contributed by atoms with Crippen molar-refractivity contribution in [1.82, 2.24) is 10.2 Å². The lowest BCUT2D eigenvalue weighted by Crippen LogP contribution is -2.47. The average Bonchev–Trinajstić information content (AvgIpc) is 2.75. The highest BCUT2D eigenvalue weighted by Gasteiger charge is 2.31. The van der Waals surface area contributed by atoms with Crippen LogP contribution < -0.4 is 10.1 Å². The SMILES string of the molecule is COc1ccc(C(CNC(=O)C(C)(C)c2ccccc2)N2CCOCC2)cc1. The number of morpholine rings is 1. The average molecular weight is 383 g/mol. The summed E-state index contributed by atoms with van der Waals surface area (Å²) in [6.07, 6.45) is 0. The van der Waals surface area contributed by atoms with Gasteiger partial charge < -0.3 is 14.8 Å². The highest BCUT2D eigenvalue weighted by atomic mass is 16.5. The van der Waals surface area contributed by atoms with Gasteiger partial charge in [-0.2, -0.15) is 0 Å². The first-order valence-corrected chi connectivity index (χ1v) is 9.82. The first-order chi connectivity index (χ1) is 13.5. The lowest BCUT2D eigenvalue weighted by Gasteiger charge is -2.35. The van der Waals surface area contributed by atoms with E-state index >= 15 is 0 Å². The third-order valence-electron chi connectivity index (χ3n) is 5.51. The normalized spacial score (nSPS) is 16.4. The van der Waals surface area contributed by atoms with E-state index in [1.54, 1.807) is 7.11 Å². The zero-order chi connectivity index (χ0) is 20.0. The zero-order valence-electron chi connectivity index (χ0n) is 17.0. The number of methoxy groups -OCH3 is 1. The Morgan fingerprint density at radius 1 is 1.11 bits per heavy atom. The number of ether oxygens (including phenoxy) is 2. The number of benzene rings is 2. The predicted octanol–water partition coefficient (Wildman–Crippen LogP) is 3.16. The minimum atomic E-state index is -0.587. The van der Waals surface area contributed by atoms with Crippen LogP contribution in [0.4, 0.5) is 0 Å². The molecular weight excluding hydrogens is 352 g/mol. The molecule has 1 heterocycles. The fraction of sp³-hybridized carbons (Fsp3) is 0.435. The lowest BCUT2D eigenvalue weighted by atomic mass is 9.83. The van der Waals surface area contributed by atoms with Crippen LogP contribution in [0.25, 0.3) is 0 Å². The molecule has 150 valence electrons. The van der Waals surface area contributed by atoms with E-state index in [9.17, 15) is 4.79 Å². The van der Waals surface area contributed by atoms with E-state index in [1.165, 1.54) is 5.56 Å². The molecule has 0 saturated carbocycles. The molecule has 0 aliphatic carbocycles. The molecule has 1 aliphatic heterocycles. The molecule has 1 amide bonds. The highest BCUT2D eigenvalue weighted by molar-refractivity contribution is 5.87. The van der Waals surface area contributed by atoms with Gasteiger partial charge in [-0.3, -0.25) is 9.69 Å². The molecule has 3 rings (SSSR count). The number of nitrogens with zero attached hydrogens (tertiary/aromatic N) is 1. The van der Waals surface area contributed by atoms with Crippen LogP contribution in [0.15, 0.2) is 54.6 Å². The van der Waals surface area contributed by atoms with Crippen LogP contribution in [0.5, 0.6) is 5.75 Å². The van der Waals surface area contributed by atoms with Crippen molar-refractivity contribution in [3.63, 3.8) is 0 Å². The van der Waals surface area contributed by atoms with Gasteiger partial charge in [0.2, 0.25) is 5.91 Å². The van der Waals surface area contributed by atoms with Crippen LogP contribution in [0.1, 0.15) is 31.0 Å². The van der Waals surface area contributed by atoms with Crippen molar-refractivity contribution >= 4 is 5.91 Å². The Balaban J connectivity index is 1.74. The van der Waals surface area contributed by atoms with Crippen molar-refractivity contribution in [2.24, 2.45) is 0 Å². The molecule has 0 spiro atoms. The van der Waals surface area contributed by atoms with Crippen molar-refractivity contribution < 1.29 is 14.3 Å². The van der Waals surface area contributed by atoms with Gasteiger partial charge >= 0.3 is 0 Å². The maximum absolute atomic E-state index is 13.0. The van der Waals surface area contributed by atoms with Crippen molar-refractivity contribution in [3.05, 3.63) is 65.7 Å². The highest BCUT2D eigenvalue weighted by Crippen LogP contribution is 2.26. The van der Waals surface area contributed by atoms with Gasteiger partial charge in [0.1, 0.15) is 5.75 Å². The fourth-order valence-corrected chi connectivity index (χ4v) is 3.57. The van der Waals surface area contributed by atoms with Crippen molar-refractivity contribution in [2.45, 2.75) is 25.3 Å². The van der Waals surface area contributed by atoms with Gasteiger partial charge in [-0.25, -0.2) is 0 Å². The molecule has 1 unspecified atom stereocenters. The molecule has 1 aliphatic rings. The van der Waals surface area contributed by atoms with Crippen molar-refractivity contribution in [1.29, 1.82) is 0 Å². The minimum absolute atomic E-state index is 0.0328. The smallest absolute Gasteiger partial charge is 0.230 e. The maximum atomic E-state index is 13.0. The summed E-state index contributed by atoms with van der Waals surface area (Å²) in [6.45, 7) is 7.64. The number of amides is 1. The molecule has 1 atom stereocenters. The molecule has 5 nitrogen and oxygen atoms in total. The minimum Gasteiger partial charge on any atom is -0.497 e. The molecular formula is C23H30N2O3. The van der Waals surface area contributed by atoms with E-state index in [1.807, 2.05) is 56.3 Å². The number of hydrogen-bond donors (Lipinski definition) is 1. The van der Waals surface area contributed by atoms with Crippen LogP contribution in [0.3, 0.4) is 0 Å². The quantitative estimate of drug-likeness (QED) is 0.799. The lowest BCUT2D eigenvalue weighted by molar-refractivity contribution is -0.126. The molecule has 0 aromatic heterocycles. The Morgan fingerprint density at radius 2 is 1.75 bits per heavy atom. The summed E-state index contributed by atoms with van der Waals surface area (Å²) in [4.78, 5) is 15.4. The monoisotopic (exact) mass is 382 g/mol. The summed E-state index contributed by atoms with van der Waals surface area (Å²) < 4.78 is 10.8. The van der Waals surface area contributed by atoms with E-state index in [0.29, 0.717) is 6.54 Å². The van der Waals surface area contributed by atoms with Crippen molar-refractivity contribution in [3.8, 4) is 5.75 Å². The second-order valence-corrected chi connectivity index (χ2v) is 7.64. The van der Waals surface area contributed by atoms with Gasteiger partial charge in [-0.05, 0) is 37.1 Å². The summed E-state index contributed by atoms with van der Waals surface area (Å²) in [5.41, 5.74) is 1.59. The Labute approximate surface area is 167 Å².